The van der Waals surface area contributed by atoms with Crippen molar-refractivity contribution in [1.29, 1.82) is 0 Å². The predicted molar refractivity (Wildman–Crippen MR) is 35.7 cm³/mol. The van der Waals surface area contributed by atoms with Gasteiger partial charge in [-0.25, -0.2) is 4.99 Å². The average molecular weight is 135 g/mol. The summed E-state index contributed by atoms with van der Waals surface area (Å²) in [7, 11) is 0. The Morgan fingerprint density at radius 3 is 2.38 bits per heavy atom. The van der Waals surface area contributed by atoms with Crippen molar-refractivity contribution in [2.24, 2.45) is 16.5 Å². The van der Waals surface area contributed by atoms with E-state index in [1.807, 2.05) is 0 Å². The number of aliphatic hydroxyl groups excluding tert-OH is 1. The molecule has 5 N–H and O–H groups in total. The summed E-state index contributed by atoms with van der Waals surface area (Å²) in [6, 6.07) is 0. The highest BCUT2D eigenvalue weighted by Crippen LogP contribution is 1.91. The van der Waals surface area contributed by atoms with Crippen LogP contribution in [0.4, 0.5) is 0 Å². The van der Waals surface area contributed by atoms with E-state index in [9.17, 15) is 0 Å². The van der Waals surface area contributed by atoms with Crippen LogP contribution in [0.5, 0.6) is 0 Å². The molecule has 4 nitrogen and oxygen atoms in total. The van der Waals surface area contributed by atoms with E-state index in [0.29, 0.717) is 0 Å². The van der Waals surface area contributed by atoms with Crippen molar-refractivity contribution in [3.05, 3.63) is 0 Å². The van der Waals surface area contributed by atoms with Gasteiger partial charge in [-0.3, -0.25) is 0 Å². The van der Waals surface area contributed by atoms with Gasteiger partial charge >= 0.3 is 0 Å². The first-order chi connectivity index (χ1) is 3.66. The van der Waals surface area contributed by atoms with Crippen LogP contribution in [0.2, 0.25) is 0 Å². The number of hydrogen-bond acceptors (Lipinski definition) is 3. The molecule has 0 rings (SSSR count). The molecule has 0 saturated carbocycles. The van der Waals surface area contributed by atoms with Crippen LogP contribution in [0.1, 0.15) is 0 Å². The molecule has 0 spiro atoms. The maximum absolute atomic E-state index is 8.29. The molecule has 0 fully saturated rings. The van der Waals surface area contributed by atoms with Gasteiger partial charge in [0.1, 0.15) is 5.37 Å². The second-order valence-electron chi connectivity index (χ2n) is 1.22. The average Bonchev–Trinajstić information content (AvgIpc) is 1.65. The molecule has 0 amide bonds. The van der Waals surface area contributed by atoms with Crippen molar-refractivity contribution in [1.82, 2.24) is 0 Å². The van der Waals surface area contributed by atoms with Gasteiger partial charge in [0.2, 0.25) is 0 Å². The van der Waals surface area contributed by atoms with Crippen molar-refractivity contribution < 1.29 is 5.11 Å². The second kappa shape index (κ2) is 3.57. The number of nitrogens with two attached hydrogens (primary N) is 2. The molecule has 1 unspecified atom stereocenters. The van der Waals surface area contributed by atoms with Crippen molar-refractivity contribution in [3.63, 3.8) is 0 Å². The molecule has 0 aromatic carbocycles. The lowest BCUT2D eigenvalue weighted by molar-refractivity contribution is 0.297. The Morgan fingerprint density at radius 1 is 1.75 bits per heavy atom. The van der Waals surface area contributed by atoms with E-state index in [-0.39, 0.29) is 12.6 Å². The fraction of sp³-hybridized carbons (Fsp3) is 0.667. The molecule has 0 aliphatic heterocycles. The highest BCUT2D eigenvalue weighted by Gasteiger charge is 1.93. The third-order valence-electron chi connectivity index (χ3n) is 0.461. The Bertz CT molecular complexity index is 90.5. The largest absolute Gasteiger partial charge is 0.393 e. The molecule has 48 valence electrons. The first-order valence-corrected chi connectivity index (χ1v) is 2.56. The lowest BCUT2D eigenvalue weighted by Crippen LogP contribution is -2.25. The van der Waals surface area contributed by atoms with Crippen LogP contribution in [0.3, 0.4) is 0 Å². The SMILES string of the molecule is NC(N)=NC(S)CO. The fourth-order valence-corrected chi connectivity index (χ4v) is 0.346. The van der Waals surface area contributed by atoms with Crippen molar-refractivity contribution in [3.8, 4) is 0 Å². The molecule has 0 aromatic rings. The van der Waals surface area contributed by atoms with E-state index in [4.69, 9.17) is 16.6 Å². The fourth-order valence-electron chi connectivity index (χ4n) is 0.213. The number of hydrogen-bond donors (Lipinski definition) is 4. The summed E-state index contributed by atoms with van der Waals surface area (Å²) in [5, 5.41) is 7.80. The van der Waals surface area contributed by atoms with Crippen LogP contribution in [-0.2, 0) is 0 Å². The van der Waals surface area contributed by atoms with E-state index in [1.54, 1.807) is 0 Å². The number of thiol groups is 1. The molecular formula is C3H9N3OS. The molecule has 5 heteroatoms. The zero-order valence-electron chi connectivity index (χ0n) is 4.28. The molecule has 8 heavy (non-hydrogen) atoms. The lowest BCUT2D eigenvalue weighted by atomic mass is 10.7. The normalized spacial score (nSPS) is 12.8. The number of nitrogens with zero attached hydrogens (tertiary/aromatic N) is 1. The smallest absolute Gasteiger partial charge is 0.187 e. The summed E-state index contributed by atoms with van der Waals surface area (Å²) in [5.41, 5.74) is 9.87. The van der Waals surface area contributed by atoms with Crippen LogP contribution in [0.25, 0.3) is 0 Å². The van der Waals surface area contributed by atoms with E-state index in [2.05, 4.69) is 17.6 Å². The summed E-state index contributed by atoms with van der Waals surface area (Å²) in [6.45, 7) is -0.152. The van der Waals surface area contributed by atoms with Crippen LogP contribution in [-0.4, -0.2) is 23.0 Å². The topological polar surface area (TPSA) is 84.6 Å². The van der Waals surface area contributed by atoms with Crippen LogP contribution < -0.4 is 11.5 Å². The summed E-state index contributed by atoms with van der Waals surface area (Å²) in [5.74, 6) is -0.0564. The first kappa shape index (κ1) is 7.58. The third kappa shape index (κ3) is 3.76. The van der Waals surface area contributed by atoms with Gasteiger partial charge in [0.05, 0.1) is 6.61 Å². The molecule has 0 aliphatic rings. The van der Waals surface area contributed by atoms with Gasteiger partial charge < -0.3 is 16.6 Å². The minimum atomic E-state index is -0.486. The van der Waals surface area contributed by atoms with Crippen LogP contribution in [0.15, 0.2) is 4.99 Å². The maximum Gasteiger partial charge on any atom is 0.187 e. The number of rotatable bonds is 2. The molecule has 0 heterocycles. The Balaban J connectivity index is 3.51. The van der Waals surface area contributed by atoms with Crippen molar-refractivity contribution >= 4 is 18.6 Å². The minimum absolute atomic E-state index is 0.0564. The predicted octanol–water partition coefficient (Wildman–Crippen LogP) is -1.49. The zero-order valence-corrected chi connectivity index (χ0v) is 5.18. The number of aliphatic hydroxyl groups is 1. The molecule has 1 atom stereocenters. The minimum Gasteiger partial charge on any atom is -0.393 e. The Labute approximate surface area is 53.0 Å². The summed E-state index contributed by atoms with van der Waals surface area (Å²) >= 11 is 3.77. The quantitative estimate of drug-likeness (QED) is 0.211. The summed E-state index contributed by atoms with van der Waals surface area (Å²) in [4.78, 5) is 3.48. The second-order valence-corrected chi connectivity index (χ2v) is 1.81. The Hall–Kier alpha value is -0.420. The van der Waals surface area contributed by atoms with Crippen molar-refractivity contribution in [2.75, 3.05) is 6.61 Å². The van der Waals surface area contributed by atoms with Gasteiger partial charge in [0.25, 0.3) is 0 Å². The van der Waals surface area contributed by atoms with E-state index < -0.39 is 5.37 Å². The molecule has 0 aliphatic carbocycles. The Morgan fingerprint density at radius 2 is 2.25 bits per heavy atom. The molecule has 0 aromatic heterocycles. The van der Waals surface area contributed by atoms with Gasteiger partial charge in [0.15, 0.2) is 5.96 Å². The molecule has 0 radical (unpaired) electrons. The number of aliphatic imine (C=N–C) groups is 1. The van der Waals surface area contributed by atoms with E-state index in [0.717, 1.165) is 0 Å². The monoisotopic (exact) mass is 135 g/mol. The molecule has 0 saturated heterocycles. The lowest BCUT2D eigenvalue weighted by Gasteiger charge is -1.97. The Kier molecular flexibility index (Phi) is 3.38. The van der Waals surface area contributed by atoms with Gasteiger partial charge in [-0.1, -0.05) is 0 Å². The van der Waals surface area contributed by atoms with Crippen LogP contribution in [0, 0.1) is 0 Å². The van der Waals surface area contributed by atoms with Gasteiger partial charge in [-0.2, -0.15) is 12.6 Å². The van der Waals surface area contributed by atoms with Crippen LogP contribution >= 0.6 is 12.6 Å². The molecule has 0 bridgehead atoms. The van der Waals surface area contributed by atoms with Gasteiger partial charge in [-0.05, 0) is 0 Å². The summed E-state index contributed by atoms with van der Waals surface area (Å²) in [6.07, 6.45) is 0. The maximum atomic E-state index is 8.29. The van der Waals surface area contributed by atoms with Crippen molar-refractivity contribution in [2.45, 2.75) is 5.37 Å². The zero-order chi connectivity index (χ0) is 6.57. The molecular weight excluding hydrogens is 126 g/mol. The number of guanidine groups is 1. The highest BCUT2D eigenvalue weighted by molar-refractivity contribution is 7.81. The van der Waals surface area contributed by atoms with Gasteiger partial charge in [0, 0.05) is 0 Å². The highest BCUT2D eigenvalue weighted by atomic mass is 32.1. The third-order valence-corrected chi connectivity index (χ3v) is 0.740. The summed E-state index contributed by atoms with van der Waals surface area (Å²) < 4.78 is 0. The van der Waals surface area contributed by atoms with E-state index in [1.165, 1.54) is 0 Å². The standard InChI is InChI=1S/C3H9N3OS/c4-3(5)6-2(8)1-7/h2,7-8H,1H2,(H4,4,5,6). The first-order valence-electron chi connectivity index (χ1n) is 2.04. The van der Waals surface area contributed by atoms with E-state index >= 15 is 0 Å². The van der Waals surface area contributed by atoms with Gasteiger partial charge in [-0.15, -0.1) is 0 Å².